The van der Waals surface area contributed by atoms with E-state index >= 15 is 0 Å². The van der Waals surface area contributed by atoms with Gasteiger partial charge in [0.25, 0.3) is 5.91 Å². The summed E-state index contributed by atoms with van der Waals surface area (Å²) in [5.41, 5.74) is -0.393. The summed E-state index contributed by atoms with van der Waals surface area (Å²) in [4.78, 5) is 23.9. The van der Waals surface area contributed by atoms with Crippen LogP contribution in [0.2, 0.25) is 0 Å². The molecule has 0 bridgehead atoms. The van der Waals surface area contributed by atoms with Gasteiger partial charge >= 0.3 is 12.1 Å². The predicted octanol–water partition coefficient (Wildman–Crippen LogP) is 4.19. The number of anilines is 1. The Morgan fingerprint density at radius 1 is 1.11 bits per heavy atom. The van der Waals surface area contributed by atoms with Crippen LogP contribution in [0.4, 0.5) is 18.9 Å². The molecule has 0 spiro atoms. The van der Waals surface area contributed by atoms with Gasteiger partial charge in [-0.3, -0.25) is 4.79 Å². The number of amides is 1. The van der Waals surface area contributed by atoms with Gasteiger partial charge in [-0.05, 0) is 30.7 Å². The smallest absolute Gasteiger partial charge is 0.416 e. The number of hydrazone groups is 1. The number of rotatable bonds is 6. The van der Waals surface area contributed by atoms with Crippen LogP contribution in [0.3, 0.4) is 0 Å². The molecule has 1 amide bonds. The van der Waals surface area contributed by atoms with Gasteiger partial charge in [-0.1, -0.05) is 42.5 Å². The van der Waals surface area contributed by atoms with Crippen molar-refractivity contribution < 1.29 is 27.5 Å². The van der Waals surface area contributed by atoms with Crippen molar-refractivity contribution in [2.45, 2.75) is 13.1 Å². The number of alkyl halides is 3. The number of hydrogen-bond donors (Lipinski definition) is 0. The van der Waals surface area contributed by atoms with Crippen LogP contribution in [-0.2, 0) is 20.5 Å². The Morgan fingerprint density at radius 3 is 2.46 bits per heavy atom. The number of ether oxygens (including phenoxy) is 1. The van der Waals surface area contributed by atoms with Gasteiger partial charge in [0.05, 0.1) is 17.5 Å². The van der Waals surface area contributed by atoms with E-state index in [0.717, 1.165) is 23.2 Å². The third-order valence-corrected chi connectivity index (χ3v) is 3.42. The standard InChI is InChI=1S/C20H17F3N2O3/c1-2-7-19(27)28-14-18(26)25(24-13-15-8-4-3-5-9-15)17-11-6-10-16(12-17)20(21,22)23/h2-13H,14H2,1H3/b7-2+,24-13-. The summed E-state index contributed by atoms with van der Waals surface area (Å²) in [6.45, 7) is 0.924. The van der Waals surface area contributed by atoms with Crippen molar-refractivity contribution in [2.75, 3.05) is 11.6 Å². The molecule has 8 heteroatoms. The maximum Gasteiger partial charge on any atom is 0.416 e. The highest BCUT2D eigenvalue weighted by atomic mass is 19.4. The molecule has 0 radical (unpaired) electrons. The molecular weight excluding hydrogens is 373 g/mol. The highest BCUT2D eigenvalue weighted by Crippen LogP contribution is 2.31. The molecular formula is C20H17F3N2O3. The number of esters is 1. The van der Waals surface area contributed by atoms with Crippen LogP contribution in [0.15, 0.2) is 71.9 Å². The minimum absolute atomic E-state index is 0.103. The normalized spacial score (nSPS) is 11.7. The maximum absolute atomic E-state index is 13.0. The number of nitrogens with zero attached hydrogens (tertiary/aromatic N) is 2. The van der Waals surface area contributed by atoms with Crippen molar-refractivity contribution >= 4 is 23.8 Å². The van der Waals surface area contributed by atoms with Gasteiger partial charge in [-0.25, -0.2) is 4.79 Å². The number of carbonyl (C=O) groups excluding carboxylic acids is 2. The van der Waals surface area contributed by atoms with Gasteiger partial charge in [0, 0.05) is 6.08 Å². The van der Waals surface area contributed by atoms with E-state index in [0.29, 0.717) is 5.56 Å². The maximum atomic E-state index is 13.0. The van der Waals surface area contributed by atoms with Crippen molar-refractivity contribution in [2.24, 2.45) is 5.10 Å². The number of benzene rings is 2. The first kappa shape index (κ1) is 20.9. The number of allylic oxidation sites excluding steroid dienone is 1. The second-order valence-electron chi connectivity index (χ2n) is 5.52. The molecule has 0 N–H and O–H groups in total. The number of halogens is 3. The first-order valence-corrected chi connectivity index (χ1v) is 8.20. The fourth-order valence-corrected chi connectivity index (χ4v) is 2.13. The van der Waals surface area contributed by atoms with Crippen molar-refractivity contribution in [3.63, 3.8) is 0 Å². The third-order valence-electron chi connectivity index (χ3n) is 3.42. The van der Waals surface area contributed by atoms with E-state index in [4.69, 9.17) is 4.74 Å². The first-order chi connectivity index (χ1) is 13.3. The monoisotopic (exact) mass is 390 g/mol. The van der Waals surface area contributed by atoms with Gasteiger partial charge in [0.2, 0.25) is 0 Å². The van der Waals surface area contributed by atoms with E-state index in [1.54, 1.807) is 37.3 Å². The Balaban J connectivity index is 2.32. The Hall–Kier alpha value is -3.42. The molecule has 28 heavy (non-hydrogen) atoms. The van der Waals surface area contributed by atoms with Crippen LogP contribution in [0, 0.1) is 0 Å². The second kappa shape index (κ2) is 9.50. The lowest BCUT2D eigenvalue weighted by Crippen LogP contribution is -2.30. The summed E-state index contributed by atoms with van der Waals surface area (Å²) in [5.74, 6) is -1.55. The van der Waals surface area contributed by atoms with E-state index in [9.17, 15) is 22.8 Å². The van der Waals surface area contributed by atoms with Gasteiger partial charge in [-0.15, -0.1) is 0 Å². The van der Waals surface area contributed by atoms with E-state index in [2.05, 4.69) is 5.10 Å². The molecule has 0 saturated heterocycles. The van der Waals surface area contributed by atoms with Crippen molar-refractivity contribution in [1.29, 1.82) is 0 Å². The molecule has 0 aliphatic rings. The summed E-state index contributed by atoms with van der Waals surface area (Å²) < 4.78 is 43.8. The molecule has 0 aliphatic heterocycles. The fourth-order valence-electron chi connectivity index (χ4n) is 2.13. The predicted molar refractivity (Wildman–Crippen MR) is 98.7 cm³/mol. The van der Waals surface area contributed by atoms with Crippen LogP contribution in [-0.4, -0.2) is 24.7 Å². The van der Waals surface area contributed by atoms with E-state index in [1.807, 2.05) is 0 Å². The SMILES string of the molecule is C/C=C/C(=O)OCC(=O)N(/N=C\c1ccccc1)c1cccc(C(F)(F)F)c1. The lowest BCUT2D eigenvalue weighted by atomic mass is 10.2. The zero-order valence-corrected chi connectivity index (χ0v) is 14.9. The van der Waals surface area contributed by atoms with E-state index < -0.39 is 30.2 Å². The van der Waals surface area contributed by atoms with Gasteiger partial charge in [-0.2, -0.15) is 23.3 Å². The zero-order chi connectivity index (χ0) is 20.6. The van der Waals surface area contributed by atoms with Gasteiger partial charge < -0.3 is 4.74 Å². The molecule has 0 saturated carbocycles. The summed E-state index contributed by atoms with van der Waals surface area (Å²) in [5, 5.41) is 4.76. The minimum Gasteiger partial charge on any atom is -0.452 e. The van der Waals surface area contributed by atoms with Crippen LogP contribution < -0.4 is 5.01 Å². The van der Waals surface area contributed by atoms with Crippen LogP contribution in [0.1, 0.15) is 18.1 Å². The molecule has 0 aliphatic carbocycles. The summed E-state index contributed by atoms with van der Waals surface area (Å²) in [6, 6.07) is 12.9. The largest absolute Gasteiger partial charge is 0.452 e. The highest BCUT2D eigenvalue weighted by molar-refractivity contribution is 5.97. The molecule has 5 nitrogen and oxygen atoms in total. The molecule has 0 aromatic heterocycles. The molecule has 0 heterocycles. The van der Waals surface area contributed by atoms with E-state index in [-0.39, 0.29) is 5.69 Å². The second-order valence-corrected chi connectivity index (χ2v) is 5.52. The molecule has 0 unspecified atom stereocenters. The van der Waals surface area contributed by atoms with Crippen molar-refractivity contribution in [1.82, 2.24) is 0 Å². The summed E-state index contributed by atoms with van der Waals surface area (Å²) in [7, 11) is 0. The Labute approximate surface area is 159 Å². The Kier molecular flexibility index (Phi) is 7.08. The van der Waals surface area contributed by atoms with E-state index in [1.165, 1.54) is 24.4 Å². The molecule has 2 rings (SSSR count). The quantitative estimate of drug-likeness (QED) is 0.322. The Bertz CT molecular complexity index is 878. The third kappa shape index (κ3) is 6.08. The van der Waals surface area contributed by atoms with Crippen LogP contribution in [0.25, 0.3) is 0 Å². The van der Waals surface area contributed by atoms with Gasteiger partial charge in [0.15, 0.2) is 6.61 Å². The average Bonchev–Trinajstić information content (AvgIpc) is 2.67. The topological polar surface area (TPSA) is 59.0 Å². The highest BCUT2D eigenvalue weighted by Gasteiger charge is 2.31. The molecule has 146 valence electrons. The average molecular weight is 390 g/mol. The number of hydrogen-bond acceptors (Lipinski definition) is 4. The van der Waals surface area contributed by atoms with Crippen LogP contribution >= 0.6 is 0 Å². The first-order valence-electron chi connectivity index (χ1n) is 8.20. The minimum atomic E-state index is -4.58. The van der Waals surface area contributed by atoms with Crippen LogP contribution in [0.5, 0.6) is 0 Å². The van der Waals surface area contributed by atoms with Crippen molar-refractivity contribution in [3.8, 4) is 0 Å². The zero-order valence-electron chi connectivity index (χ0n) is 14.9. The fraction of sp³-hybridized carbons (Fsp3) is 0.150. The molecule has 2 aromatic rings. The molecule has 0 atom stereocenters. The van der Waals surface area contributed by atoms with Crippen molar-refractivity contribution in [3.05, 3.63) is 77.9 Å². The molecule has 0 fully saturated rings. The lowest BCUT2D eigenvalue weighted by molar-refractivity contribution is -0.143. The lowest BCUT2D eigenvalue weighted by Gasteiger charge is -2.18. The number of carbonyl (C=O) groups is 2. The molecule has 2 aromatic carbocycles. The Morgan fingerprint density at radius 2 is 1.82 bits per heavy atom. The summed E-state index contributed by atoms with van der Waals surface area (Å²) in [6.07, 6.45) is -0.696. The van der Waals surface area contributed by atoms with Gasteiger partial charge in [0.1, 0.15) is 0 Å². The summed E-state index contributed by atoms with van der Waals surface area (Å²) >= 11 is 0.